The summed E-state index contributed by atoms with van der Waals surface area (Å²) in [5.74, 6) is -0.305. The van der Waals surface area contributed by atoms with E-state index in [0.29, 0.717) is 22.3 Å². The molecule has 1 unspecified atom stereocenters. The lowest BCUT2D eigenvalue weighted by molar-refractivity contribution is 0.102. The number of carbonyl (C=O) groups is 1. The highest BCUT2D eigenvalue weighted by Gasteiger charge is 2.33. The van der Waals surface area contributed by atoms with Crippen LogP contribution >= 0.6 is 23.2 Å². The summed E-state index contributed by atoms with van der Waals surface area (Å²) in [7, 11) is -2.41. The molecule has 9 heteroatoms. The molecular formula is C20H22Cl2N2O4S. The predicted molar refractivity (Wildman–Crippen MR) is 115 cm³/mol. The third kappa shape index (κ3) is 4.69. The quantitative estimate of drug-likeness (QED) is 0.699. The van der Waals surface area contributed by atoms with E-state index < -0.39 is 15.9 Å². The highest BCUT2D eigenvalue weighted by molar-refractivity contribution is 7.89. The standard InChI is InChI=1S/C20H22Cl2N2O4S/c1-13-5-3-4-10-24(13)29(26,27)19-11-14(6-9-18(19)28-2)20(25)23-17-12-15(21)7-8-16(17)22/h6-9,11-13H,3-5,10H2,1-2H3,(H,23,25). The van der Waals surface area contributed by atoms with E-state index in [2.05, 4.69) is 5.32 Å². The van der Waals surface area contributed by atoms with E-state index in [9.17, 15) is 13.2 Å². The average molecular weight is 457 g/mol. The maximum Gasteiger partial charge on any atom is 0.255 e. The molecule has 1 saturated heterocycles. The topological polar surface area (TPSA) is 75.7 Å². The number of sulfonamides is 1. The van der Waals surface area contributed by atoms with Crippen molar-refractivity contribution in [3.63, 3.8) is 0 Å². The van der Waals surface area contributed by atoms with Crippen LogP contribution in [-0.2, 0) is 10.0 Å². The van der Waals surface area contributed by atoms with Gasteiger partial charge in [0.15, 0.2) is 0 Å². The van der Waals surface area contributed by atoms with Crippen molar-refractivity contribution in [3.8, 4) is 5.75 Å². The molecule has 6 nitrogen and oxygen atoms in total. The van der Waals surface area contributed by atoms with Gasteiger partial charge in [0.2, 0.25) is 10.0 Å². The maximum absolute atomic E-state index is 13.3. The van der Waals surface area contributed by atoms with Crippen molar-refractivity contribution in [2.45, 2.75) is 37.1 Å². The molecule has 156 valence electrons. The molecule has 1 amide bonds. The molecule has 0 aliphatic carbocycles. The third-order valence-corrected chi connectivity index (χ3v) is 7.53. The molecule has 1 heterocycles. The van der Waals surface area contributed by atoms with Crippen molar-refractivity contribution in [2.75, 3.05) is 19.0 Å². The lowest BCUT2D eigenvalue weighted by Crippen LogP contribution is -2.42. The first-order valence-electron chi connectivity index (χ1n) is 9.20. The summed E-state index contributed by atoms with van der Waals surface area (Å²) < 4.78 is 33.3. The molecular weight excluding hydrogens is 435 g/mol. The number of halogens is 2. The lowest BCUT2D eigenvalue weighted by atomic mass is 10.1. The molecule has 1 aliphatic rings. The largest absolute Gasteiger partial charge is 0.495 e. The van der Waals surface area contributed by atoms with E-state index in [0.717, 1.165) is 19.3 Å². The summed E-state index contributed by atoms with van der Waals surface area (Å²) in [6.07, 6.45) is 2.60. The highest BCUT2D eigenvalue weighted by atomic mass is 35.5. The first-order valence-corrected chi connectivity index (χ1v) is 11.4. The molecule has 2 aromatic rings. The predicted octanol–water partition coefficient (Wildman–Crippen LogP) is 4.82. The van der Waals surface area contributed by atoms with Crippen LogP contribution in [0.2, 0.25) is 10.0 Å². The van der Waals surface area contributed by atoms with Crippen molar-refractivity contribution in [1.82, 2.24) is 4.31 Å². The van der Waals surface area contributed by atoms with Crippen molar-refractivity contribution in [2.24, 2.45) is 0 Å². The molecule has 2 aromatic carbocycles. The Morgan fingerprint density at radius 1 is 1.17 bits per heavy atom. The fourth-order valence-corrected chi connectivity index (χ4v) is 5.58. The molecule has 1 aliphatic heterocycles. The van der Waals surface area contributed by atoms with Gasteiger partial charge in [0.1, 0.15) is 10.6 Å². The number of methoxy groups -OCH3 is 1. The minimum absolute atomic E-state index is 0.0291. The molecule has 29 heavy (non-hydrogen) atoms. The Balaban J connectivity index is 1.96. The second-order valence-corrected chi connectivity index (χ2v) is 9.61. The lowest BCUT2D eigenvalue weighted by Gasteiger charge is -2.32. The zero-order valence-electron chi connectivity index (χ0n) is 16.1. The first-order chi connectivity index (χ1) is 13.7. The Morgan fingerprint density at radius 3 is 2.62 bits per heavy atom. The minimum atomic E-state index is -3.82. The number of hydrogen-bond acceptors (Lipinski definition) is 4. The number of nitrogens with one attached hydrogen (secondary N) is 1. The molecule has 0 spiro atoms. The summed E-state index contributed by atoms with van der Waals surface area (Å²) in [5.41, 5.74) is 0.513. The van der Waals surface area contributed by atoms with Gasteiger partial charge in [0, 0.05) is 23.2 Å². The monoisotopic (exact) mass is 456 g/mol. The minimum Gasteiger partial charge on any atom is -0.495 e. The Kier molecular flexibility index (Phi) is 6.73. The molecule has 0 bridgehead atoms. The van der Waals surface area contributed by atoms with Crippen molar-refractivity contribution in [1.29, 1.82) is 0 Å². The van der Waals surface area contributed by atoms with E-state index >= 15 is 0 Å². The van der Waals surface area contributed by atoms with Gasteiger partial charge in [-0.05, 0) is 56.2 Å². The van der Waals surface area contributed by atoms with Gasteiger partial charge in [-0.1, -0.05) is 29.6 Å². The van der Waals surface area contributed by atoms with Gasteiger partial charge in [-0.3, -0.25) is 4.79 Å². The number of carbonyl (C=O) groups excluding carboxylic acids is 1. The number of amides is 1. The summed E-state index contributed by atoms with van der Waals surface area (Å²) in [4.78, 5) is 12.7. The Labute approximate surface area is 180 Å². The average Bonchev–Trinajstić information content (AvgIpc) is 2.70. The fraction of sp³-hybridized carbons (Fsp3) is 0.350. The number of rotatable bonds is 5. The van der Waals surface area contributed by atoms with E-state index in [-0.39, 0.29) is 22.3 Å². The van der Waals surface area contributed by atoms with Crippen LogP contribution in [0.15, 0.2) is 41.3 Å². The molecule has 0 radical (unpaired) electrons. The number of benzene rings is 2. The van der Waals surface area contributed by atoms with E-state index in [4.69, 9.17) is 27.9 Å². The first kappa shape index (κ1) is 21.9. The van der Waals surface area contributed by atoms with Crippen LogP contribution in [0.1, 0.15) is 36.5 Å². The van der Waals surface area contributed by atoms with Crippen LogP contribution in [0.3, 0.4) is 0 Å². The van der Waals surface area contributed by atoms with Gasteiger partial charge in [0.25, 0.3) is 5.91 Å². The Bertz CT molecular complexity index is 1030. The zero-order chi connectivity index (χ0) is 21.2. The van der Waals surface area contributed by atoms with Gasteiger partial charge in [0.05, 0.1) is 17.8 Å². The van der Waals surface area contributed by atoms with Gasteiger partial charge < -0.3 is 10.1 Å². The van der Waals surface area contributed by atoms with Crippen LogP contribution in [0.25, 0.3) is 0 Å². The molecule has 1 fully saturated rings. The second kappa shape index (κ2) is 8.92. The fourth-order valence-electron chi connectivity index (χ4n) is 3.36. The summed E-state index contributed by atoms with van der Waals surface area (Å²) >= 11 is 12.1. The van der Waals surface area contributed by atoms with Crippen LogP contribution in [0.4, 0.5) is 5.69 Å². The molecule has 0 saturated carbocycles. The van der Waals surface area contributed by atoms with Gasteiger partial charge in [-0.2, -0.15) is 4.31 Å². The van der Waals surface area contributed by atoms with Crippen molar-refractivity contribution < 1.29 is 17.9 Å². The normalized spacial score (nSPS) is 17.7. The third-order valence-electron chi connectivity index (χ3n) is 4.93. The van der Waals surface area contributed by atoms with Crippen molar-refractivity contribution >= 4 is 44.8 Å². The zero-order valence-corrected chi connectivity index (χ0v) is 18.4. The number of ether oxygens (including phenoxy) is 1. The number of nitrogens with zero attached hydrogens (tertiary/aromatic N) is 1. The molecule has 3 rings (SSSR count). The van der Waals surface area contributed by atoms with Crippen LogP contribution in [0.5, 0.6) is 5.75 Å². The van der Waals surface area contributed by atoms with Crippen LogP contribution < -0.4 is 10.1 Å². The number of piperidine rings is 1. The SMILES string of the molecule is COc1ccc(C(=O)Nc2cc(Cl)ccc2Cl)cc1S(=O)(=O)N1CCCCC1C. The van der Waals surface area contributed by atoms with Crippen LogP contribution in [-0.4, -0.2) is 38.3 Å². The Morgan fingerprint density at radius 2 is 1.93 bits per heavy atom. The van der Waals surface area contributed by atoms with Gasteiger partial charge in [-0.25, -0.2) is 8.42 Å². The number of hydrogen-bond donors (Lipinski definition) is 1. The van der Waals surface area contributed by atoms with E-state index in [1.807, 2.05) is 6.92 Å². The van der Waals surface area contributed by atoms with Gasteiger partial charge in [-0.15, -0.1) is 0 Å². The summed E-state index contributed by atoms with van der Waals surface area (Å²) in [6, 6.07) is 8.92. The van der Waals surface area contributed by atoms with Crippen molar-refractivity contribution in [3.05, 3.63) is 52.0 Å². The molecule has 0 aromatic heterocycles. The smallest absolute Gasteiger partial charge is 0.255 e. The second-order valence-electron chi connectivity index (χ2n) is 6.90. The number of anilines is 1. The highest BCUT2D eigenvalue weighted by Crippen LogP contribution is 2.32. The van der Waals surface area contributed by atoms with E-state index in [1.165, 1.54) is 35.7 Å². The van der Waals surface area contributed by atoms with Crippen LogP contribution in [0, 0.1) is 0 Å². The van der Waals surface area contributed by atoms with E-state index in [1.54, 1.807) is 12.1 Å². The molecule has 1 N–H and O–H groups in total. The molecule has 1 atom stereocenters. The summed E-state index contributed by atoms with van der Waals surface area (Å²) in [6.45, 7) is 2.34. The summed E-state index contributed by atoms with van der Waals surface area (Å²) in [5, 5.41) is 3.41. The maximum atomic E-state index is 13.3. The Hall–Kier alpha value is -1.80. The van der Waals surface area contributed by atoms with Gasteiger partial charge >= 0.3 is 0 Å².